The lowest BCUT2D eigenvalue weighted by Gasteiger charge is -2.16. The van der Waals surface area contributed by atoms with Gasteiger partial charge < -0.3 is 14.8 Å². The molecule has 1 amide bonds. The molecule has 0 saturated heterocycles. The van der Waals surface area contributed by atoms with Crippen molar-refractivity contribution >= 4 is 5.91 Å². The number of hydrogen-bond acceptors (Lipinski definition) is 3. The first-order valence-corrected chi connectivity index (χ1v) is 9.54. The minimum absolute atomic E-state index is 0.00427. The number of hydrogen-bond donors (Lipinski definition) is 1. The third-order valence-electron chi connectivity index (χ3n) is 4.96. The highest BCUT2D eigenvalue weighted by molar-refractivity contribution is 5.78. The number of amides is 1. The first-order valence-electron chi connectivity index (χ1n) is 9.54. The zero-order valence-electron chi connectivity index (χ0n) is 16.0. The van der Waals surface area contributed by atoms with Gasteiger partial charge in [-0.2, -0.15) is 8.78 Å². The van der Waals surface area contributed by atoms with Crippen molar-refractivity contribution in [1.82, 2.24) is 5.32 Å². The number of methoxy groups -OCH3 is 1. The summed E-state index contributed by atoms with van der Waals surface area (Å²) in [6, 6.07) is 11.2. The molecule has 0 saturated carbocycles. The van der Waals surface area contributed by atoms with Crippen molar-refractivity contribution in [3.05, 3.63) is 58.7 Å². The van der Waals surface area contributed by atoms with Crippen LogP contribution in [0.5, 0.6) is 11.5 Å². The van der Waals surface area contributed by atoms with Crippen molar-refractivity contribution in [1.29, 1.82) is 0 Å². The lowest BCUT2D eigenvalue weighted by atomic mass is 9.90. The van der Waals surface area contributed by atoms with E-state index in [2.05, 4.69) is 22.2 Å². The second kappa shape index (κ2) is 9.53. The number of fused-ring (bicyclic) bond motifs is 1. The molecule has 1 aliphatic carbocycles. The molecule has 4 nitrogen and oxygen atoms in total. The van der Waals surface area contributed by atoms with Gasteiger partial charge in [0, 0.05) is 6.54 Å². The predicted octanol–water partition coefficient (Wildman–Crippen LogP) is 4.08. The van der Waals surface area contributed by atoms with E-state index in [-0.39, 0.29) is 17.4 Å². The van der Waals surface area contributed by atoms with Crippen LogP contribution in [0.4, 0.5) is 8.78 Å². The van der Waals surface area contributed by atoms with Crippen LogP contribution in [0.2, 0.25) is 0 Å². The van der Waals surface area contributed by atoms with Crippen molar-refractivity contribution in [2.75, 3.05) is 13.7 Å². The Balaban J connectivity index is 1.51. The Kier molecular flexibility index (Phi) is 6.85. The Hall–Kier alpha value is -2.63. The number of halogens is 2. The van der Waals surface area contributed by atoms with Crippen molar-refractivity contribution in [2.24, 2.45) is 0 Å². The maximum atomic E-state index is 12.5. The Morgan fingerprint density at radius 1 is 1.04 bits per heavy atom. The van der Waals surface area contributed by atoms with Crippen molar-refractivity contribution in [3.63, 3.8) is 0 Å². The minimum atomic E-state index is -2.92. The number of benzene rings is 2. The van der Waals surface area contributed by atoms with Crippen molar-refractivity contribution in [2.45, 2.75) is 45.1 Å². The summed E-state index contributed by atoms with van der Waals surface area (Å²) in [7, 11) is 1.40. The number of carbonyl (C=O) groups excluding carboxylic acids is 1. The summed E-state index contributed by atoms with van der Waals surface area (Å²) in [4.78, 5) is 12.2. The largest absolute Gasteiger partial charge is 0.493 e. The van der Waals surface area contributed by atoms with E-state index in [9.17, 15) is 13.6 Å². The number of alkyl halides is 2. The quantitative estimate of drug-likeness (QED) is 0.740. The minimum Gasteiger partial charge on any atom is -0.493 e. The molecule has 0 aromatic heterocycles. The molecule has 2 aromatic rings. The number of ether oxygens (including phenoxy) is 2. The normalized spacial score (nSPS) is 13.1. The Labute approximate surface area is 163 Å². The molecule has 0 radical (unpaired) electrons. The summed E-state index contributed by atoms with van der Waals surface area (Å²) in [6.45, 7) is -2.50. The van der Waals surface area contributed by atoms with Crippen LogP contribution >= 0.6 is 0 Å². The van der Waals surface area contributed by atoms with E-state index in [1.807, 2.05) is 6.07 Å². The van der Waals surface area contributed by atoms with Gasteiger partial charge in [0.25, 0.3) is 0 Å². The molecule has 0 fully saturated rings. The first kappa shape index (κ1) is 20.1. The Bertz CT molecular complexity index is 823. The van der Waals surface area contributed by atoms with Crippen LogP contribution in [0.25, 0.3) is 0 Å². The highest BCUT2D eigenvalue weighted by atomic mass is 19.3. The maximum absolute atomic E-state index is 12.5. The van der Waals surface area contributed by atoms with Gasteiger partial charge >= 0.3 is 6.61 Å². The van der Waals surface area contributed by atoms with Gasteiger partial charge in [-0.25, -0.2) is 0 Å². The molecule has 0 bridgehead atoms. The van der Waals surface area contributed by atoms with E-state index in [0.29, 0.717) is 19.4 Å². The number of carbonyl (C=O) groups is 1. The fourth-order valence-electron chi connectivity index (χ4n) is 3.56. The zero-order chi connectivity index (χ0) is 19.9. The second-order valence-electron chi connectivity index (χ2n) is 6.95. The average Bonchev–Trinajstić information content (AvgIpc) is 2.67. The van der Waals surface area contributed by atoms with Crippen molar-refractivity contribution < 1.29 is 23.0 Å². The molecule has 150 valence electrons. The molecule has 6 heteroatoms. The topological polar surface area (TPSA) is 47.6 Å². The van der Waals surface area contributed by atoms with Gasteiger partial charge in [0.1, 0.15) is 0 Å². The standard InChI is InChI=1S/C22H25F2NO3/c1-27-19-9-7-15(13-20(19)28-22(23)24)10-11-25-21(26)14-16-6-8-17-4-2-3-5-18(17)12-16/h6-9,12-13,22H,2-5,10-11,14H2,1H3,(H,25,26). The molecule has 0 unspecified atom stereocenters. The van der Waals surface area contributed by atoms with E-state index in [0.717, 1.165) is 24.0 Å². The van der Waals surface area contributed by atoms with E-state index in [1.165, 1.54) is 37.1 Å². The average molecular weight is 389 g/mol. The lowest BCUT2D eigenvalue weighted by Crippen LogP contribution is -2.27. The van der Waals surface area contributed by atoms with Crippen LogP contribution in [0.15, 0.2) is 36.4 Å². The molecule has 28 heavy (non-hydrogen) atoms. The van der Waals surface area contributed by atoms with Gasteiger partial charge in [-0.3, -0.25) is 4.79 Å². The summed E-state index contributed by atoms with van der Waals surface area (Å²) in [5.74, 6) is 0.198. The van der Waals surface area contributed by atoms with Gasteiger partial charge in [-0.1, -0.05) is 24.3 Å². The number of aryl methyl sites for hydroxylation is 2. The molecular formula is C22H25F2NO3. The molecule has 2 aromatic carbocycles. The monoisotopic (exact) mass is 389 g/mol. The van der Waals surface area contributed by atoms with Crippen LogP contribution in [0.3, 0.4) is 0 Å². The molecule has 0 atom stereocenters. The molecule has 3 rings (SSSR count). The molecule has 0 aliphatic heterocycles. The zero-order valence-corrected chi connectivity index (χ0v) is 16.0. The number of rotatable bonds is 8. The molecule has 1 aliphatic rings. The Morgan fingerprint density at radius 3 is 2.54 bits per heavy atom. The molecule has 0 spiro atoms. The molecular weight excluding hydrogens is 364 g/mol. The SMILES string of the molecule is COc1ccc(CCNC(=O)Cc2ccc3c(c2)CCCC3)cc1OC(F)F. The van der Waals surface area contributed by atoms with E-state index >= 15 is 0 Å². The summed E-state index contributed by atoms with van der Waals surface area (Å²) >= 11 is 0. The van der Waals surface area contributed by atoms with Crippen LogP contribution in [0, 0.1) is 0 Å². The summed E-state index contributed by atoms with van der Waals surface area (Å²) < 4.78 is 34.5. The number of nitrogens with one attached hydrogen (secondary N) is 1. The van der Waals surface area contributed by atoms with Crippen LogP contribution in [0.1, 0.15) is 35.1 Å². The van der Waals surface area contributed by atoms with E-state index in [1.54, 1.807) is 12.1 Å². The molecule has 0 heterocycles. The summed E-state index contributed by atoms with van der Waals surface area (Å²) in [5, 5.41) is 2.89. The highest BCUT2D eigenvalue weighted by Gasteiger charge is 2.13. The van der Waals surface area contributed by atoms with Crippen LogP contribution in [-0.4, -0.2) is 26.2 Å². The first-order chi connectivity index (χ1) is 13.5. The maximum Gasteiger partial charge on any atom is 0.387 e. The smallest absolute Gasteiger partial charge is 0.387 e. The highest BCUT2D eigenvalue weighted by Crippen LogP contribution is 2.29. The summed E-state index contributed by atoms with van der Waals surface area (Å²) in [5.41, 5.74) is 4.57. The van der Waals surface area contributed by atoms with E-state index in [4.69, 9.17) is 4.74 Å². The fourth-order valence-corrected chi connectivity index (χ4v) is 3.56. The van der Waals surface area contributed by atoms with Crippen molar-refractivity contribution in [3.8, 4) is 11.5 Å². The fraction of sp³-hybridized carbons (Fsp3) is 0.409. The second-order valence-corrected chi connectivity index (χ2v) is 6.95. The van der Waals surface area contributed by atoms with Gasteiger partial charge in [0.05, 0.1) is 13.5 Å². The van der Waals surface area contributed by atoms with Gasteiger partial charge in [0.2, 0.25) is 5.91 Å². The third kappa shape index (κ3) is 5.44. The van der Waals surface area contributed by atoms with E-state index < -0.39 is 6.61 Å². The molecule has 1 N–H and O–H groups in total. The van der Waals surface area contributed by atoms with Gasteiger partial charge in [0.15, 0.2) is 11.5 Å². The Morgan fingerprint density at radius 2 is 1.79 bits per heavy atom. The summed E-state index contributed by atoms with van der Waals surface area (Å²) in [6.07, 6.45) is 5.52. The predicted molar refractivity (Wildman–Crippen MR) is 103 cm³/mol. The van der Waals surface area contributed by atoms with Gasteiger partial charge in [-0.05, 0) is 66.5 Å². The lowest BCUT2D eigenvalue weighted by molar-refractivity contribution is -0.120. The van der Waals surface area contributed by atoms with Gasteiger partial charge in [-0.15, -0.1) is 0 Å². The van der Waals surface area contributed by atoms with Crippen LogP contribution < -0.4 is 14.8 Å². The third-order valence-corrected chi connectivity index (χ3v) is 4.96. The van der Waals surface area contributed by atoms with Crippen LogP contribution in [-0.2, 0) is 30.5 Å².